The van der Waals surface area contributed by atoms with Crippen LogP contribution in [0.5, 0.6) is 0 Å². The van der Waals surface area contributed by atoms with Gasteiger partial charge in [0.15, 0.2) is 5.76 Å². The Morgan fingerprint density at radius 3 is 2.54 bits per heavy atom. The van der Waals surface area contributed by atoms with E-state index in [0.717, 1.165) is 16.9 Å². The molecule has 2 aromatic rings. The van der Waals surface area contributed by atoms with Crippen molar-refractivity contribution in [1.82, 2.24) is 4.90 Å². The summed E-state index contributed by atoms with van der Waals surface area (Å²) in [7, 11) is 0. The quantitative estimate of drug-likeness (QED) is 0.820. The summed E-state index contributed by atoms with van der Waals surface area (Å²) in [5.41, 5.74) is 11.6. The van der Waals surface area contributed by atoms with E-state index in [0.29, 0.717) is 12.0 Å². The first kappa shape index (κ1) is 16.5. The van der Waals surface area contributed by atoms with E-state index < -0.39 is 5.91 Å². The topological polar surface area (TPSA) is 103 Å². The van der Waals surface area contributed by atoms with E-state index in [-0.39, 0.29) is 12.2 Å². The Bertz CT molecular complexity index is 745. The second-order valence-electron chi connectivity index (χ2n) is 6.55. The van der Waals surface area contributed by atoms with Gasteiger partial charge in [0.25, 0.3) is 5.91 Å². The second-order valence-corrected chi connectivity index (χ2v) is 6.55. The Morgan fingerprint density at radius 2 is 1.96 bits per heavy atom. The van der Waals surface area contributed by atoms with E-state index >= 15 is 0 Å². The average molecular weight is 329 g/mol. The van der Waals surface area contributed by atoms with Crippen molar-refractivity contribution in [3.05, 3.63) is 35.6 Å². The molecule has 4 N–H and O–H groups in total. The van der Waals surface area contributed by atoms with Gasteiger partial charge in [-0.25, -0.2) is 0 Å². The highest BCUT2D eigenvalue weighted by Gasteiger charge is 2.40. The lowest BCUT2D eigenvalue weighted by molar-refractivity contribution is -0.106. The number of rotatable bonds is 2. The van der Waals surface area contributed by atoms with Gasteiger partial charge in [-0.05, 0) is 56.5 Å². The van der Waals surface area contributed by atoms with Crippen LogP contribution < -0.4 is 11.5 Å². The summed E-state index contributed by atoms with van der Waals surface area (Å²) in [5.74, 6) is 1.07. The lowest BCUT2D eigenvalue weighted by atomic mass is 9.71. The molecule has 1 aromatic heterocycles. The standard InChI is InChI=1S/C17H20N2O2.CH3NO/c1-10-16(11-4-6-19(10)7-5-11)13-3-2-12-8-15(17(18)20)21-14(12)9-13;2-1-3/h2-3,8-11,16H,4-7H2,1H3,(H2,18,20);1H,(H2,2,3)/t10-,16+;/m0./s1. The zero-order chi connectivity index (χ0) is 17.3. The van der Waals surface area contributed by atoms with E-state index in [2.05, 4.69) is 29.7 Å². The van der Waals surface area contributed by atoms with Crippen molar-refractivity contribution >= 4 is 23.3 Å². The van der Waals surface area contributed by atoms with E-state index in [9.17, 15) is 4.79 Å². The molecular weight excluding hydrogens is 306 g/mol. The molecule has 3 aliphatic rings. The van der Waals surface area contributed by atoms with Crippen molar-refractivity contribution in [3.8, 4) is 0 Å². The van der Waals surface area contributed by atoms with E-state index in [1.807, 2.05) is 6.07 Å². The van der Waals surface area contributed by atoms with E-state index in [1.54, 1.807) is 6.07 Å². The summed E-state index contributed by atoms with van der Waals surface area (Å²) in [4.78, 5) is 22.4. The van der Waals surface area contributed by atoms with Crippen LogP contribution in [0.3, 0.4) is 0 Å². The molecule has 0 spiro atoms. The number of fused-ring (bicyclic) bond motifs is 4. The SMILES string of the molecule is C[C@H]1[C@@H](c2ccc3cc(C(N)=O)oc3c2)C2CCN1CC2.NC=O. The Kier molecular flexibility index (Phi) is 4.57. The molecule has 3 saturated heterocycles. The third-order valence-corrected chi connectivity index (χ3v) is 5.35. The number of nitrogens with zero attached hydrogens (tertiary/aromatic N) is 1. The number of carbonyl (C=O) groups excluding carboxylic acids is 2. The summed E-state index contributed by atoms with van der Waals surface area (Å²) in [5, 5.41) is 0.946. The summed E-state index contributed by atoms with van der Waals surface area (Å²) in [6.45, 7) is 4.80. The van der Waals surface area contributed by atoms with Gasteiger partial charge in [-0.2, -0.15) is 0 Å². The van der Waals surface area contributed by atoms with Crippen molar-refractivity contribution in [1.29, 1.82) is 0 Å². The van der Waals surface area contributed by atoms with Crippen molar-refractivity contribution in [3.63, 3.8) is 0 Å². The molecule has 2 amide bonds. The minimum Gasteiger partial charge on any atom is -0.451 e. The van der Waals surface area contributed by atoms with Crippen LogP contribution in [0.15, 0.2) is 28.7 Å². The molecule has 0 unspecified atom stereocenters. The summed E-state index contributed by atoms with van der Waals surface area (Å²) in [6, 6.07) is 8.64. The van der Waals surface area contributed by atoms with Gasteiger partial charge in [-0.15, -0.1) is 0 Å². The molecule has 3 fully saturated rings. The van der Waals surface area contributed by atoms with Crippen molar-refractivity contribution in [2.75, 3.05) is 13.1 Å². The maximum absolute atomic E-state index is 11.2. The molecule has 1 aromatic carbocycles. The average Bonchev–Trinajstić information content (AvgIpc) is 3.00. The molecule has 0 radical (unpaired) electrons. The van der Waals surface area contributed by atoms with Gasteiger partial charge in [0.2, 0.25) is 6.41 Å². The van der Waals surface area contributed by atoms with Gasteiger partial charge < -0.3 is 20.8 Å². The van der Waals surface area contributed by atoms with Crippen LogP contribution >= 0.6 is 0 Å². The monoisotopic (exact) mass is 329 g/mol. The number of nitrogens with two attached hydrogens (primary N) is 2. The van der Waals surface area contributed by atoms with Crippen LogP contribution in [-0.2, 0) is 4.79 Å². The first-order valence-corrected chi connectivity index (χ1v) is 8.28. The molecule has 4 heterocycles. The number of hydrogen-bond acceptors (Lipinski definition) is 4. The Labute approximate surface area is 140 Å². The van der Waals surface area contributed by atoms with Gasteiger partial charge in [-0.1, -0.05) is 12.1 Å². The lowest BCUT2D eigenvalue weighted by Gasteiger charge is -2.50. The summed E-state index contributed by atoms with van der Waals surface area (Å²) in [6.07, 6.45) is 2.83. The minimum atomic E-state index is -0.510. The third kappa shape index (κ3) is 2.89. The maximum atomic E-state index is 11.2. The van der Waals surface area contributed by atoms with Crippen LogP contribution in [0.2, 0.25) is 0 Å². The predicted octanol–water partition coefficient (Wildman–Crippen LogP) is 1.83. The van der Waals surface area contributed by atoms with Crippen LogP contribution in [0.4, 0.5) is 0 Å². The van der Waals surface area contributed by atoms with Gasteiger partial charge >= 0.3 is 0 Å². The van der Waals surface area contributed by atoms with Gasteiger partial charge in [-0.3, -0.25) is 9.59 Å². The predicted molar refractivity (Wildman–Crippen MR) is 91.5 cm³/mol. The van der Waals surface area contributed by atoms with Crippen molar-refractivity contribution < 1.29 is 14.0 Å². The molecule has 5 rings (SSSR count). The van der Waals surface area contributed by atoms with Crippen molar-refractivity contribution in [2.45, 2.75) is 31.7 Å². The zero-order valence-electron chi connectivity index (χ0n) is 13.8. The van der Waals surface area contributed by atoms with Crippen LogP contribution in [0, 0.1) is 5.92 Å². The van der Waals surface area contributed by atoms with Crippen LogP contribution in [0.25, 0.3) is 11.0 Å². The van der Waals surface area contributed by atoms with Gasteiger partial charge in [0, 0.05) is 17.3 Å². The summed E-state index contributed by atoms with van der Waals surface area (Å²) >= 11 is 0. The van der Waals surface area contributed by atoms with Gasteiger partial charge in [0.05, 0.1) is 0 Å². The maximum Gasteiger partial charge on any atom is 0.284 e. The third-order valence-electron chi connectivity index (χ3n) is 5.35. The number of furan rings is 1. The number of primary amides is 2. The normalized spacial score (nSPS) is 28.2. The second kappa shape index (κ2) is 6.65. The molecule has 3 aliphatic heterocycles. The van der Waals surface area contributed by atoms with Crippen LogP contribution in [0.1, 0.15) is 41.8 Å². The first-order chi connectivity index (χ1) is 11.5. The zero-order valence-corrected chi connectivity index (χ0v) is 13.8. The highest BCUT2D eigenvalue weighted by atomic mass is 16.3. The number of benzene rings is 1. The molecular formula is C18H23N3O3. The molecule has 0 aliphatic carbocycles. The molecule has 24 heavy (non-hydrogen) atoms. The highest BCUT2D eigenvalue weighted by molar-refractivity contribution is 5.95. The minimum absolute atomic E-state index is 0.240. The molecule has 6 nitrogen and oxygen atoms in total. The number of carbonyl (C=O) groups is 2. The fraction of sp³-hybridized carbons (Fsp3) is 0.444. The molecule has 2 atom stereocenters. The fourth-order valence-corrected chi connectivity index (χ4v) is 4.23. The van der Waals surface area contributed by atoms with Gasteiger partial charge in [0.1, 0.15) is 5.58 Å². The molecule has 6 heteroatoms. The van der Waals surface area contributed by atoms with Crippen molar-refractivity contribution in [2.24, 2.45) is 17.4 Å². The first-order valence-electron chi connectivity index (χ1n) is 8.28. The molecule has 0 saturated carbocycles. The summed E-state index contributed by atoms with van der Waals surface area (Å²) < 4.78 is 5.59. The Morgan fingerprint density at radius 1 is 1.29 bits per heavy atom. The Balaban J connectivity index is 0.000000526. The highest BCUT2D eigenvalue weighted by Crippen LogP contribution is 2.43. The van der Waals surface area contributed by atoms with E-state index in [1.165, 1.54) is 31.5 Å². The molecule has 128 valence electrons. The van der Waals surface area contributed by atoms with E-state index in [4.69, 9.17) is 14.9 Å². The number of piperidine rings is 3. The Hall–Kier alpha value is -2.34. The molecule has 2 bridgehead atoms. The largest absolute Gasteiger partial charge is 0.451 e. The van der Waals surface area contributed by atoms with Crippen LogP contribution in [-0.4, -0.2) is 36.3 Å². The fourth-order valence-electron chi connectivity index (χ4n) is 4.23. The number of hydrogen-bond donors (Lipinski definition) is 2. The lowest BCUT2D eigenvalue weighted by Crippen LogP contribution is -2.52. The number of amides is 2. The smallest absolute Gasteiger partial charge is 0.284 e.